The molecule has 0 aliphatic rings. The Kier molecular flexibility index (Phi) is 6.43. The second-order valence-corrected chi connectivity index (χ2v) is 6.34. The van der Waals surface area contributed by atoms with E-state index in [0.717, 1.165) is 4.47 Å². The van der Waals surface area contributed by atoms with E-state index < -0.39 is 0 Å². The van der Waals surface area contributed by atoms with Crippen molar-refractivity contribution in [3.05, 3.63) is 26.7 Å². The lowest BCUT2D eigenvalue weighted by atomic mass is 10.2. The molecule has 6 heteroatoms. The highest BCUT2D eigenvalue weighted by molar-refractivity contribution is 9.10. The predicted octanol–water partition coefficient (Wildman–Crippen LogP) is 4.33. The maximum absolute atomic E-state index is 11.9. The van der Waals surface area contributed by atoms with Gasteiger partial charge in [-0.2, -0.15) is 0 Å². The van der Waals surface area contributed by atoms with Crippen molar-refractivity contribution in [2.75, 3.05) is 11.9 Å². The quantitative estimate of drug-likeness (QED) is 0.760. The molecule has 1 unspecified atom stereocenters. The van der Waals surface area contributed by atoms with Crippen molar-refractivity contribution in [2.45, 2.75) is 26.8 Å². The molecule has 0 saturated heterocycles. The van der Waals surface area contributed by atoms with Crippen LogP contribution in [-0.4, -0.2) is 18.5 Å². The predicted molar refractivity (Wildman–Crippen MR) is 85.1 cm³/mol. The fourth-order valence-electron chi connectivity index (χ4n) is 1.39. The molecular formula is C13H17BrCl2N2O. The molecule has 1 aromatic rings. The monoisotopic (exact) mass is 366 g/mol. The average molecular weight is 368 g/mol. The topological polar surface area (TPSA) is 41.1 Å². The summed E-state index contributed by atoms with van der Waals surface area (Å²) in [6.45, 7) is 6.52. The number of anilines is 1. The zero-order valence-electron chi connectivity index (χ0n) is 11.1. The maximum atomic E-state index is 11.9. The fraction of sp³-hybridized carbons (Fsp3) is 0.462. The Bertz CT molecular complexity index is 466. The Balaban J connectivity index is 2.69. The number of amides is 1. The van der Waals surface area contributed by atoms with Crippen molar-refractivity contribution in [1.82, 2.24) is 5.32 Å². The molecule has 0 aliphatic heterocycles. The van der Waals surface area contributed by atoms with Crippen molar-refractivity contribution in [3.63, 3.8) is 0 Å². The molecule has 1 atom stereocenters. The third-order valence-electron chi connectivity index (χ3n) is 2.49. The van der Waals surface area contributed by atoms with Crippen LogP contribution < -0.4 is 10.6 Å². The summed E-state index contributed by atoms with van der Waals surface area (Å²) in [5.74, 6) is 0.352. The molecule has 0 bridgehead atoms. The van der Waals surface area contributed by atoms with Crippen molar-refractivity contribution in [3.8, 4) is 0 Å². The number of hydrogen-bond acceptors (Lipinski definition) is 2. The molecule has 0 aromatic heterocycles. The fourth-order valence-corrected chi connectivity index (χ4v) is 2.22. The molecule has 1 rings (SSSR count). The number of nitrogens with one attached hydrogen (secondary N) is 2. The minimum Gasteiger partial charge on any atom is -0.373 e. The summed E-state index contributed by atoms with van der Waals surface area (Å²) in [6.07, 6.45) is 0. The van der Waals surface area contributed by atoms with Gasteiger partial charge in [0.2, 0.25) is 5.91 Å². The Labute approximate surface area is 132 Å². The molecule has 2 N–H and O–H groups in total. The van der Waals surface area contributed by atoms with Crippen LogP contribution in [0, 0.1) is 5.92 Å². The smallest absolute Gasteiger partial charge is 0.242 e. The number of carbonyl (C=O) groups is 1. The lowest BCUT2D eigenvalue weighted by Gasteiger charge is -2.17. The van der Waals surface area contributed by atoms with Crippen LogP contribution in [0.5, 0.6) is 0 Å². The largest absolute Gasteiger partial charge is 0.373 e. The summed E-state index contributed by atoms with van der Waals surface area (Å²) in [6, 6.07) is 3.19. The van der Waals surface area contributed by atoms with Gasteiger partial charge in [-0.15, -0.1) is 0 Å². The van der Waals surface area contributed by atoms with Crippen LogP contribution in [0.3, 0.4) is 0 Å². The van der Waals surface area contributed by atoms with E-state index in [9.17, 15) is 4.79 Å². The number of hydrogen-bond donors (Lipinski definition) is 2. The Morgan fingerprint density at radius 3 is 2.47 bits per heavy atom. The number of benzene rings is 1. The normalized spacial score (nSPS) is 12.4. The van der Waals surface area contributed by atoms with Crippen molar-refractivity contribution in [1.29, 1.82) is 0 Å². The number of carbonyl (C=O) groups excluding carboxylic acids is 1. The van der Waals surface area contributed by atoms with Gasteiger partial charge in [-0.1, -0.05) is 37.0 Å². The standard InChI is InChI=1S/C13H17BrCl2N2O/c1-7(2)6-17-13(19)8(3)18-10-5-4-9(14)11(15)12(10)16/h4-5,7-8,18H,6H2,1-3H3,(H,17,19). The minimum atomic E-state index is -0.381. The molecule has 106 valence electrons. The highest BCUT2D eigenvalue weighted by Crippen LogP contribution is 2.36. The van der Waals surface area contributed by atoms with E-state index in [2.05, 4.69) is 26.6 Å². The third-order valence-corrected chi connectivity index (χ3v) is 4.26. The Morgan fingerprint density at radius 2 is 1.89 bits per heavy atom. The van der Waals surface area contributed by atoms with Gasteiger partial charge < -0.3 is 10.6 Å². The highest BCUT2D eigenvalue weighted by Gasteiger charge is 2.15. The zero-order chi connectivity index (χ0) is 14.6. The first-order chi connectivity index (χ1) is 8.82. The first-order valence-electron chi connectivity index (χ1n) is 6.00. The first-order valence-corrected chi connectivity index (χ1v) is 7.55. The van der Waals surface area contributed by atoms with Crippen molar-refractivity contribution in [2.24, 2.45) is 5.92 Å². The van der Waals surface area contributed by atoms with Crippen LogP contribution in [-0.2, 0) is 4.79 Å². The zero-order valence-corrected chi connectivity index (χ0v) is 14.2. The van der Waals surface area contributed by atoms with E-state index in [4.69, 9.17) is 23.2 Å². The Hall–Kier alpha value is -0.450. The van der Waals surface area contributed by atoms with E-state index in [1.165, 1.54) is 0 Å². The van der Waals surface area contributed by atoms with Gasteiger partial charge in [-0.3, -0.25) is 4.79 Å². The third kappa shape index (κ3) is 4.86. The molecule has 3 nitrogen and oxygen atoms in total. The van der Waals surface area contributed by atoms with Crippen LogP contribution in [0.1, 0.15) is 20.8 Å². The van der Waals surface area contributed by atoms with Crippen LogP contribution >= 0.6 is 39.1 Å². The molecule has 0 fully saturated rings. The molecule has 0 aliphatic carbocycles. The molecule has 0 radical (unpaired) electrons. The average Bonchev–Trinajstić information content (AvgIpc) is 2.36. The highest BCUT2D eigenvalue weighted by atomic mass is 79.9. The number of halogens is 3. The molecule has 1 aromatic carbocycles. The van der Waals surface area contributed by atoms with E-state index >= 15 is 0 Å². The summed E-state index contributed by atoms with van der Waals surface area (Å²) in [4.78, 5) is 11.9. The van der Waals surface area contributed by atoms with Gasteiger partial charge in [0, 0.05) is 11.0 Å². The summed E-state index contributed by atoms with van der Waals surface area (Å²) in [5.41, 5.74) is 0.641. The van der Waals surface area contributed by atoms with E-state index in [0.29, 0.717) is 28.2 Å². The first kappa shape index (κ1) is 16.6. The van der Waals surface area contributed by atoms with E-state index in [1.807, 2.05) is 13.8 Å². The molecule has 0 spiro atoms. The van der Waals surface area contributed by atoms with Crippen LogP contribution in [0.2, 0.25) is 10.0 Å². The van der Waals surface area contributed by atoms with Gasteiger partial charge in [-0.25, -0.2) is 0 Å². The molecular weight excluding hydrogens is 351 g/mol. The molecule has 0 saturated carbocycles. The van der Waals surface area contributed by atoms with E-state index in [1.54, 1.807) is 19.1 Å². The SMILES string of the molecule is CC(C)CNC(=O)C(C)Nc1ccc(Br)c(Cl)c1Cl. The van der Waals surface area contributed by atoms with Gasteiger partial charge in [0.05, 0.1) is 15.7 Å². The lowest BCUT2D eigenvalue weighted by Crippen LogP contribution is -2.39. The second kappa shape index (κ2) is 7.36. The molecule has 0 heterocycles. The summed E-state index contributed by atoms with van der Waals surface area (Å²) in [5, 5.41) is 6.75. The summed E-state index contributed by atoms with van der Waals surface area (Å²) in [7, 11) is 0. The van der Waals surface area contributed by atoms with Crippen molar-refractivity contribution >= 4 is 50.7 Å². The maximum Gasteiger partial charge on any atom is 0.242 e. The second-order valence-electron chi connectivity index (χ2n) is 4.73. The van der Waals surface area contributed by atoms with Gasteiger partial charge in [0.15, 0.2) is 0 Å². The Morgan fingerprint density at radius 1 is 1.26 bits per heavy atom. The van der Waals surface area contributed by atoms with Crippen LogP contribution in [0.4, 0.5) is 5.69 Å². The van der Waals surface area contributed by atoms with Crippen LogP contribution in [0.15, 0.2) is 16.6 Å². The lowest BCUT2D eigenvalue weighted by molar-refractivity contribution is -0.121. The van der Waals surface area contributed by atoms with Gasteiger partial charge in [0.25, 0.3) is 0 Å². The minimum absolute atomic E-state index is 0.0659. The van der Waals surface area contributed by atoms with Gasteiger partial charge in [-0.05, 0) is 40.9 Å². The van der Waals surface area contributed by atoms with Crippen molar-refractivity contribution < 1.29 is 4.79 Å². The molecule has 1 amide bonds. The van der Waals surface area contributed by atoms with E-state index in [-0.39, 0.29) is 11.9 Å². The van der Waals surface area contributed by atoms with Gasteiger partial charge >= 0.3 is 0 Å². The summed E-state index contributed by atoms with van der Waals surface area (Å²) < 4.78 is 0.724. The van der Waals surface area contributed by atoms with Crippen LogP contribution in [0.25, 0.3) is 0 Å². The number of rotatable bonds is 5. The summed E-state index contributed by atoms with van der Waals surface area (Å²) >= 11 is 15.4. The van der Waals surface area contributed by atoms with Gasteiger partial charge in [0.1, 0.15) is 6.04 Å². The molecule has 19 heavy (non-hydrogen) atoms.